The van der Waals surface area contributed by atoms with E-state index < -0.39 is 11.0 Å². The summed E-state index contributed by atoms with van der Waals surface area (Å²) in [5, 5.41) is 15.2. The molecule has 1 N–H and O–H groups in total. The van der Waals surface area contributed by atoms with Crippen molar-refractivity contribution >= 4 is 29.1 Å². The van der Waals surface area contributed by atoms with Crippen molar-refractivity contribution in [2.24, 2.45) is 0 Å². The zero-order valence-corrected chi connectivity index (χ0v) is 21.3. The molecule has 37 heavy (non-hydrogen) atoms. The van der Waals surface area contributed by atoms with Gasteiger partial charge in [-0.2, -0.15) is 0 Å². The van der Waals surface area contributed by atoms with Gasteiger partial charge in [0.25, 0.3) is 5.69 Å². The number of carbonyl (C=O) groups excluding carboxylic acids is 2. The molecule has 0 aliphatic heterocycles. The number of amides is 2. The van der Waals surface area contributed by atoms with Crippen LogP contribution in [0.1, 0.15) is 42.4 Å². The number of rotatable bonds is 10. The van der Waals surface area contributed by atoms with Crippen LogP contribution >= 0.6 is 11.6 Å². The van der Waals surface area contributed by atoms with Crippen LogP contribution in [0.15, 0.2) is 78.9 Å². The monoisotopic (exact) mass is 519 g/mol. The molecular weight excluding hydrogens is 490 g/mol. The van der Waals surface area contributed by atoms with Crippen LogP contribution in [0.3, 0.4) is 0 Å². The number of halogens is 1. The van der Waals surface area contributed by atoms with Gasteiger partial charge in [0.15, 0.2) is 0 Å². The summed E-state index contributed by atoms with van der Waals surface area (Å²) in [5.74, 6) is -0.601. The van der Waals surface area contributed by atoms with Crippen molar-refractivity contribution in [2.75, 3.05) is 0 Å². The summed E-state index contributed by atoms with van der Waals surface area (Å²) in [6.45, 7) is 0.106. The smallest absolute Gasteiger partial charge is 0.273 e. The van der Waals surface area contributed by atoms with Crippen molar-refractivity contribution in [1.82, 2.24) is 10.2 Å². The Bertz CT molecular complexity index is 1240. The molecule has 0 bridgehead atoms. The summed E-state index contributed by atoms with van der Waals surface area (Å²) >= 11 is 6.45. The number of nitro benzene ring substituents is 1. The molecular formula is C29H30ClN3O4. The van der Waals surface area contributed by atoms with Gasteiger partial charge in [0.2, 0.25) is 11.8 Å². The first-order valence-corrected chi connectivity index (χ1v) is 12.9. The van der Waals surface area contributed by atoms with Crippen LogP contribution in [0.25, 0.3) is 0 Å². The predicted molar refractivity (Wildman–Crippen MR) is 143 cm³/mol. The minimum atomic E-state index is -0.811. The fourth-order valence-electron chi connectivity index (χ4n) is 4.83. The lowest BCUT2D eigenvalue weighted by molar-refractivity contribution is -0.385. The third-order valence-electron chi connectivity index (χ3n) is 6.80. The highest BCUT2D eigenvalue weighted by Gasteiger charge is 2.33. The van der Waals surface area contributed by atoms with E-state index in [-0.39, 0.29) is 36.5 Å². The van der Waals surface area contributed by atoms with Crippen molar-refractivity contribution < 1.29 is 14.5 Å². The van der Waals surface area contributed by atoms with Gasteiger partial charge in [-0.3, -0.25) is 19.7 Å². The second-order valence-corrected chi connectivity index (χ2v) is 9.78. The lowest BCUT2D eigenvalue weighted by atomic mass is 10.0. The first kappa shape index (κ1) is 26.4. The molecule has 1 aliphatic carbocycles. The quantitative estimate of drug-likeness (QED) is 0.283. The Morgan fingerprint density at radius 3 is 2.24 bits per heavy atom. The molecule has 8 heteroatoms. The van der Waals surface area contributed by atoms with Crippen LogP contribution in [0.5, 0.6) is 0 Å². The van der Waals surface area contributed by atoms with Gasteiger partial charge in [-0.1, -0.05) is 91.2 Å². The molecule has 3 aromatic carbocycles. The van der Waals surface area contributed by atoms with Gasteiger partial charge in [-0.25, -0.2) is 0 Å². The zero-order valence-electron chi connectivity index (χ0n) is 20.5. The van der Waals surface area contributed by atoms with Crippen molar-refractivity contribution in [2.45, 2.75) is 57.2 Å². The normalized spacial score (nSPS) is 14.2. The van der Waals surface area contributed by atoms with Crippen LogP contribution in [0.4, 0.5) is 5.69 Å². The average molecular weight is 520 g/mol. The SMILES string of the molecule is O=C(NC1CCCC1)[C@@H](Cc1ccccc1)N(Cc1ccccc1Cl)C(=O)Cc1ccccc1[N+](=O)[O-]. The Hall–Kier alpha value is -3.71. The highest BCUT2D eigenvalue weighted by atomic mass is 35.5. The molecule has 4 rings (SSSR count). The molecule has 0 aromatic heterocycles. The van der Waals surface area contributed by atoms with E-state index in [1.54, 1.807) is 30.3 Å². The van der Waals surface area contributed by atoms with Crippen LogP contribution in [0, 0.1) is 10.1 Å². The van der Waals surface area contributed by atoms with Crippen LogP contribution in [-0.2, 0) is 29.0 Å². The lowest BCUT2D eigenvalue weighted by Crippen LogP contribution is -2.52. The van der Waals surface area contributed by atoms with Gasteiger partial charge in [0.05, 0.1) is 11.3 Å². The molecule has 1 saturated carbocycles. The van der Waals surface area contributed by atoms with Gasteiger partial charge >= 0.3 is 0 Å². The Balaban J connectivity index is 1.70. The molecule has 7 nitrogen and oxygen atoms in total. The number of nitrogens with zero attached hydrogens (tertiary/aromatic N) is 2. The Labute approximate surface area is 221 Å². The summed E-state index contributed by atoms with van der Waals surface area (Å²) in [4.78, 5) is 40.2. The first-order valence-electron chi connectivity index (χ1n) is 12.5. The Morgan fingerprint density at radius 1 is 0.946 bits per heavy atom. The number of carbonyl (C=O) groups is 2. The molecule has 0 unspecified atom stereocenters. The molecule has 3 aromatic rings. The Morgan fingerprint density at radius 2 is 1.57 bits per heavy atom. The summed E-state index contributed by atoms with van der Waals surface area (Å²) < 4.78 is 0. The fourth-order valence-corrected chi connectivity index (χ4v) is 5.03. The number of para-hydroxylation sites is 1. The lowest BCUT2D eigenvalue weighted by Gasteiger charge is -2.32. The molecule has 1 aliphatic rings. The highest BCUT2D eigenvalue weighted by molar-refractivity contribution is 6.31. The second-order valence-electron chi connectivity index (χ2n) is 9.37. The van der Waals surface area contributed by atoms with Crippen LogP contribution in [-0.4, -0.2) is 33.7 Å². The largest absolute Gasteiger partial charge is 0.352 e. The van der Waals surface area contributed by atoms with E-state index >= 15 is 0 Å². The topological polar surface area (TPSA) is 92.6 Å². The van der Waals surface area contributed by atoms with Gasteiger partial charge in [-0.05, 0) is 30.0 Å². The van der Waals surface area contributed by atoms with Crippen molar-refractivity contribution in [3.05, 3.63) is 111 Å². The van der Waals surface area contributed by atoms with Gasteiger partial charge in [-0.15, -0.1) is 0 Å². The molecule has 1 atom stereocenters. The second kappa shape index (κ2) is 12.5. The third-order valence-corrected chi connectivity index (χ3v) is 7.17. The number of nitro groups is 1. The average Bonchev–Trinajstić information content (AvgIpc) is 3.41. The van der Waals surface area contributed by atoms with E-state index in [2.05, 4.69) is 5.32 Å². The summed E-state index contributed by atoms with van der Waals surface area (Å²) in [6, 6.07) is 22.2. The summed E-state index contributed by atoms with van der Waals surface area (Å²) in [6.07, 6.45) is 4.06. The number of hydrogen-bond donors (Lipinski definition) is 1. The molecule has 0 radical (unpaired) electrons. The predicted octanol–water partition coefficient (Wildman–Crippen LogP) is 5.49. The minimum absolute atomic E-state index is 0.0817. The van der Waals surface area contributed by atoms with E-state index in [1.807, 2.05) is 42.5 Å². The minimum Gasteiger partial charge on any atom is -0.352 e. The van der Waals surface area contributed by atoms with Crippen molar-refractivity contribution in [3.63, 3.8) is 0 Å². The van der Waals surface area contributed by atoms with E-state index in [4.69, 9.17) is 11.6 Å². The number of benzene rings is 3. The molecule has 2 amide bonds. The molecule has 0 saturated heterocycles. The third kappa shape index (κ3) is 6.95. The molecule has 0 spiro atoms. The number of nitrogens with one attached hydrogen (secondary N) is 1. The van der Waals surface area contributed by atoms with Crippen molar-refractivity contribution in [3.8, 4) is 0 Å². The van der Waals surface area contributed by atoms with Crippen LogP contribution in [0.2, 0.25) is 5.02 Å². The molecule has 192 valence electrons. The maximum atomic E-state index is 13.9. The summed E-state index contributed by atoms with van der Waals surface area (Å²) in [5.41, 5.74) is 1.79. The fraction of sp³-hybridized carbons (Fsp3) is 0.310. The molecule has 1 fully saturated rings. The zero-order chi connectivity index (χ0) is 26.2. The standard InChI is InChI=1S/C29H30ClN3O4/c30-25-16-8-4-13-23(25)20-32(28(34)19-22-12-5-9-17-26(22)33(36)37)27(18-21-10-2-1-3-11-21)29(35)31-24-14-6-7-15-24/h1-5,8-13,16-17,24,27H,6-7,14-15,18-20H2,(H,31,35)/t27-/m1/s1. The molecule has 0 heterocycles. The van der Waals surface area contributed by atoms with Gasteiger partial charge in [0, 0.05) is 35.7 Å². The van der Waals surface area contributed by atoms with Gasteiger partial charge in [0.1, 0.15) is 6.04 Å². The highest BCUT2D eigenvalue weighted by Crippen LogP contribution is 2.25. The summed E-state index contributed by atoms with van der Waals surface area (Å²) in [7, 11) is 0. The van der Waals surface area contributed by atoms with E-state index in [1.165, 1.54) is 11.0 Å². The number of hydrogen-bond acceptors (Lipinski definition) is 4. The van der Waals surface area contributed by atoms with E-state index in [0.29, 0.717) is 22.6 Å². The van der Waals surface area contributed by atoms with Crippen molar-refractivity contribution in [1.29, 1.82) is 0 Å². The Kier molecular flexibility index (Phi) is 8.90. The van der Waals surface area contributed by atoms with E-state index in [9.17, 15) is 19.7 Å². The maximum absolute atomic E-state index is 13.9. The van der Waals surface area contributed by atoms with E-state index in [0.717, 1.165) is 31.2 Å². The van der Waals surface area contributed by atoms with Crippen LogP contribution < -0.4 is 5.32 Å². The maximum Gasteiger partial charge on any atom is 0.273 e. The first-order chi connectivity index (χ1) is 17.9. The van der Waals surface area contributed by atoms with Gasteiger partial charge < -0.3 is 10.2 Å².